The molecule has 1 N–H and O–H groups in total. The second-order valence-electron chi connectivity index (χ2n) is 3.56. The standard InChI is InChI=1S/C10H12N2O3/c1-6-5-7(10(13)14)12-9(11-6)8-3-2-4-15-8/h5,8H,2-4H2,1H3,(H,13,14). The fourth-order valence-electron chi connectivity index (χ4n) is 1.63. The average molecular weight is 208 g/mol. The van der Waals surface area contributed by atoms with E-state index in [0.717, 1.165) is 12.8 Å². The van der Waals surface area contributed by atoms with E-state index in [4.69, 9.17) is 9.84 Å². The molecule has 0 radical (unpaired) electrons. The minimum absolute atomic E-state index is 0.0352. The van der Waals surface area contributed by atoms with Crippen LogP contribution in [0.25, 0.3) is 0 Å². The van der Waals surface area contributed by atoms with E-state index in [1.54, 1.807) is 6.92 Å². The van der Waals surface area contributed by atoms with Gasteiger partial charge in [0.15, 0.2) is 11.5 Å². The summed E-state index contributed by atoms with van der Waals surface area (Å²) < 4.78 is 5.41. The topological polar surface area (TPSA) is 72.3 Å². The molecule has 1 fully saturated rings. The molecule has 80 valence electrons. The number of hydrogen-bond acceptors (Lipinski definition) is 4. The average Bonchev–Trinajstić information content (AvgIpc) is 2.69. The fourth-order valence-corrected chi connectivity index (χ4v) is 1.63. The van der Waals surface area contributed by atoms with E-state index in [1.165, 1.54) is 6.07 Å². The number of hydrogen-bond donors (Lipinski definition) is 1. The Morgan fingerprint density at radius 1 is 1.60 bits per heavy atom. The normalized spacial score (nSPS) is 20.5. The number of aryl methyl sites for hydroxylation is 1. The van der Waals surface area contributed by atoms with Crippen molar-refractivity contribution in [2.75, 3.05) is 6.61 Å². The van der Waals surface area contributed by atoms with Crippen LogP contribution in [0.1, 0.15) is 41.0 Å². The predicted molar refractivity (Wildman–Crippen MR) is 51.7 cm³/mol. The number of aromatic nitrogens is 2. The summed E-state index contributed by atoms with van der Waals surface area (Å²) >= 11 is 0. The highest BCUT2D eigenvalue weighted by atomic mass is 16.5. The van der Waals surface area contributed by atoms with Crippen LogP contribution in [-0.2, 0) is 4.74 Å². The molecule has 0 saturated carbocycles. The van der Waals surface area contributed by atoms with Crippen molar-refractivity contribution in [1.82, 2.24) is 9.97 Å². The first-order chi connectivity index (χ1) is 7.16. The van der Waals surface area contributed by atoms with Crippen LogP contribution in [0.3, 0.4) is 0 Å². The molecule has 0 spiro atoms. The molecule has 1 saturated heterocycles. The van der Waals surface area contributed by atoms with Gasteiger partial charge in [-0.25, -0.2) is 14.8 Å². The summed E-state index contributed by atoms with van der Waals surface area (Å²) in [5.74, 6) is -0.537. The molecular formula is C10H12N2O3. The maximum atomic E-state index is 10.8. The van der Waals surface area contributed by atoms with Crippen molar-refractivity contribution in [1.29, 1.82) is 0 Å². The van der Waals surface area contributed by atoms with Crippen LogP contribution in [-0.4, -0.2) is 27.7 Å². The maximum absolute atomic E-state index is 10.8. The number of rotatable bonds is 2. The molecule has 0 bridgehead atoms. The van der Waals surface area contributed by atoms with Crippen molar-refractivity contribution in [2.24, 2.45) is 0 Å². The van der Waals surface area contributed by atoms with E-state index in [2.05, 4.69) is 9.97 Å². The molecule has 0 aromatic carbocycles. The van der Waals surface area contributed by atoms with Crippen LogP contribution >= 0.6 is 0 Å². The third-order valence-corrected chi connectivity index (χ3v) is 2.31. The van der Waals surface area contributed by atoms with E-state index < -0.39 is 5.97 Å². The molecule has 1 atom stereocenters. The number of carboxylic acids is 1. The summed E-state index contributed by atoms with van der Waals surface area (Å²) in [6.07, 6.45) is 1.70. The summed E-state index contributed by atoms with van der Waals surface area (Å²) in [6.45, 7) is 2.46. The second kappa shape index (κ2) is 3.94. The van der Waals surface area contributed by atoms with Crippen molar-refractivity contribution >= 4 is 5.97 Å². The van der Waals surface area contributed by atoms with Crippen LogP contribution < -0.4 is 0 Å². The zero-order valence-electron chi connectivity index (χ0n) is 8.43. The Labute approximate surface area is 87.1 Å². The molecule has 1 aromatic rings. The molecule has 0 aliphatic carbocycles. The number of aromatic carboxylic acids is 1. The summed E-state index contributed by atoms with van der Waals surface area (Å²) in [5, 5.41) is 8.85. The van der Waals surface area contributed by atoms with Crippen molar-refractivity contribution in [3.05, 3.63) is 23.3 Å². The molecular weight excluding hydrogens is 196 g/mol. The summed E-state index contributed by atoms with van der Waals surface area (Å²) in [7, 11) is 0. The first kappa shape index (κ1) is 10.0. The first-order valence-corrected chi connectivity index (χ1v) is 4.87. The van der Waals surface area contributed by atoms with Gasteiger partial charge in [-0.05, 0) is 25.8 Å². The van der Waals surface area contributed by atoms with Crippen LogP contribution in [0.4, 0.5) is 0 Å². The van der Waals surface area contributed by atoms with Crippen LogP contribution in [0.5, 0.6) is 0 Å². The van der Waals surface area contributed by atoms with Crippen molar-refractivity contribution in [2.45, 2.75) is 25.9 Å². The number of carboxylic acid groups (broad SMARTS) is 1. The highest BCUT2D eigenvalue weighted by molar-refractivity contribution is 5.85. The number of nitrogens with zero attached hydrogens (tertiary/aromatic N) is 2. The van der Waals surface area contributed by atoms with Crippen LogP contribution in [0.15, 0.2) is 6.07 Å². The Morgan fingerprint density at radius 2 is 2.40 bits per heavy atom. The molecule has 2 heterocycles. The Kier molecular flexibility index (Phi) is 2.64. The van der Waals surface area contributed by atoms with E-state index in [9.17, 15) is 4.79 Å². The lowest BCUT2D eigenvalue weighted by atomic mass is 10.2. The number of carbonyl (C=O) groups is 1. The molecule has 1 unspecified atom stereocenters. The van der Waals surface area contributed by atoms with E-state index >= 15 is 0 Å². The van der Waals surface area contributed by atoms with Gasteiger partial charge in [-0.2, -0.15) is 0 Å². The minimum Gasteiger partial charge on any atom is -0.477 e. The molecule has 5 nitrogen and oxygen atoms in total. The third-order valence-electron chi connectivity index (χ3n) is 2.31. The van der Waals surface area contributed by atoms with E-state index in [1.807, 2.05) is 0 Å². The van der Waals surface area contributed by atoms with Crippen molar-refractivity contribution < 1.29 is 14.6 Å². The van der Waals surface area contributed by atoms with Crippen LogP contribution in [0, 0.1) is 6.92 Å². The minimum atomic E-state index is -1.03. The van der Waals surface area contributed by atoms with Gasteiger partial charge < -0.3 is 9.84 Å². The first-order valence-electron chi connectivity index (χ1n) is 4.87. The summed E-state index contributed by atoms with van der Waals surface area (Å²) in [4.78, 5) is 19.0. The van der Waals surface area contributed by atoms with Gasteiger partial charge in [-0.15, -0.1) is 0 Å². The Bertz CT molecular complexity index is 386. The lowest BCUT2D eigenvalue weighted by Crippen LogP contribution is -2.10. The van der Waals surface area contributed by atoms with Gasteiger partial charge >= 0.3 is 5.97 Å². The van der Waals surface area contributed by atoms with Crippen molar-refractivity contribution in [3.63, 3.8) is 0 Å². The molecule has 1 aromatic heterocycles. The molecule has 2 rings (SSSR count). The zero-order chi connectivity index (χ0) is 10.8. The summed E-state index contributed by atoms with van der Waals surface area (Å²) in [6, 6.07) is 1.46. The molecule has 5 heteroatoms. The molecule has 15 heavy (non-hydrogen) atoms. The van der Waals surface area contributed by atoms with E-state index in [0.29, 0.717) is 18.1 Å². The molecule has 1 aliphatic rings. The lowest BCUT2D eigenvalue weighted by Gasteiger charge is -2.08. The van der Waals surface area contributed by atoms with Crippen molar-refractivity contribution in [3.8, 4) is 0 Å². The largest absolute Gasteiger partial charge is 0.477 e. The summed E-state index contributed by atoms with van der Waals surface area (Å²) in [5.41, 5.74) is 0.695. The molecule has 1 aliphatic heterocycles. The number of ether oxygens (including phenoxy) is 1. The Balaban J connectivity index is 2.34. The fraction of sp³-hybridized carbons (Fsp3) is 0.500. The lowest BCUT2D eigenvalue weighted by molar-refractivity contribution is 0.0686. The second-order valence-corrected chi connectivity index (χ2v) is 3.56. The quantitative estimate of drug-likeness (QED) is 0.793. The predicted octanol–water partition coefficient (Wildman–Crippen LogP) is 1.33. The highest BCUT2D eigenvalue weighted by Crippen LogP contribution is 2.25. The Morgan fingerprint density at radius 3 is 3.00 bits per heavy atom. The van der Waals surface area contributed by atoms with Gasteiger partial charge in [-0.3, -0.25) is 0 Å². The van der Waals surface area contributed by atoms with Gasteiger partial charge in [0.1, 0.15) is 6.10 Å². The van der Waals surface area contributed by atoms with Gasteiger partial charge in [0, 0.05) is 12.3 Å². The van der Waals surface area contributed by atoms with E-state index in [-0.39, 0.29) is 11.8 Å². The maximum Gasteiger partial charge on any atom is 0.354 e. The van der Waals surface area contributed by atoms with Gasteiger partial charge in [0.05, 0.1) is 0 Å². The van der Waals surface area contributed by atoms with Crippen LogP contribution in [0.2, 0.25) is 0 Å². The zero-order valence-corrected chi connectivity index (χ0v) is 8.43. The Hall–Kier alpha value is -1.49. The highest BCUT2D eigenvalue weighted by Gasteiger charge is 2.22. The smallest absolute Gasteiger partial charge is 0.354 e. The molecule has 0 amide bonds. The van der Waals surface area contributed by atoms with Gasteiger partial charge in [0.2, 0.25) is 0 Å². The van der Waals surface area contributed by atoms with Gasteiger partial charge in [0.25, 0.3) is 0 Å². The monoisotopic (exact) mass is 208 g/mol. The SMILES string of the molecule is Cc1cc(C(=O)O)nc(C2CCCO2)n1. The van der Waals surface area contributed by atoms with Gasteiger partial charge in [-0.1, -0.05) is 0 Å². The third kappa shape index (κ3) is 2.12.